The van der Waals surface area contributed by atoms with E-state index in [1.54, 1.807) is 0 Å². The molecule has 0 aliphatic heterocycles. The van der Waals surface area contributed by atoms with Gasteiger partial charge in [0.15, 0.2) is 0 Å². The standard InChI is InChI=1S/C10H18O/c11-7-9-6-5-8-3-1-2-4-10(8)9/h8-11H,1-7H2/t8-,9?,10-/m0/s1. The van der Waals surface area contributed by atoms with Crippen molar-refractivity contribution in [3.05, 3.63) is 0 Å². The maximum atomic E-state index is 9.10. The number of hydrogen-bond donors (Lipinski definition) is 1. The number of fused-ring (bicyclic) bond motifs is 1. The fraction of sp³-hybridized carbons (Fsp3) is 1.00. The van der Waals surface area contributed by atoms with Gasteiger partial charge in [0.1, 0.15) is 0 Å². The molecule has 3 atom stereocenters. The van der Waals surface area contributed by atoms with Gasteiger partial charge in [-0.15, -0.1) is 0 Å². The van der Waals surface area contributed by atoms with Crippen molar-refractivity contribution in [2.75, 3.05) is 6.61 Å². The zero-order valence-corrected chi connectivity index (χ0v) is 7.13. The zero-order valence-electron chi connectivity index (χ0n) is 7.13. The van der Waals surface area contributed by atoms with Gasteiger partial charge in [0.2, 0.25) is 0 Å². The molecule has 0 spiro atoms. The van der Waals surface area contributed by atoms with Crippen molar-refractivity contribution in [2.45, 2.75) is 38.5 Å². The van der Waals surface area contributed by atoms with E-state index in [0.29, 0.717) is 12.5 Å². The molecule has 0 heterocycles. The highest BCUT2D eigenvalue weighted by molar-refractivity contribution is 4.86. The highest BCUT2D eigenvalue weighted by Crippen LogP contribution is 2.45. The minimum atomic E-state index is 0.446. The van der Waals surface area contributed by atoms with E-state index in [0.717, 1.165) is 11.8 Å². The molecule has 1 heteroatoms. The molecule has 2 aliphatic rings. The molecular weight excluding hydrogens is 136 g/mol. The Bertz CT molecular complexity index is 127. The summed E-state index contributed by atoms with van der Waals surface area (Å²) in [7, 11) is 0. The summed E-state index contributed by atoms with van der Waals surface area (Å²) in [6, 6.07) is 0. The summed E-state index contributed by atoms with van der Waals surface area (Å²) in [5, 5.41) is 9.10. The van der Waals surface area contributed by atoms with Crippen LogP contribution in [0.15, 0.2) is 0 Å². The Kier molecular flexibility index (Phi) is 2.17. The SMILES string of the molecule is OCC1CC[C@@H]2CCCC[C@H]12. The molecule has 1 nitrogen and oxygen atoms in total. The minimum absolute atomic E-state index is 0.446. The van der Waals surface area contributed by atoms with Crippen LogP contribution in [-0.2, 0) is 0 Å². The Labute approximate surface area is 68.8 Å². The molecule has 2 aliphatic carbocycles. The first-order valence-corrected chi connectivity index (χ1v) is 5.02. The first-order chi connectivity index (χ1) is 5.42. The number of aliphatic hydroxyl groups excluding tert-OH is 1. The summed E-state index contributed by atoms with van der Waals surface area (Å²) in [6.45, 7) is 0.446. The number of aliphatic hydroxyl groups is 1. The van der Waals surface area contributed by atoms with Crippen LogP contribution in [0, 0.1) is 17.8 Å². The molecule has 0 saturated heterocycles. The van der Waals surface area contributed by atoms with Gasteiger partial charge >= 0.3 is 0 Å². The van der Waals surface area contributed by atoms with Crippen molar-refractivity contribution in [3.63, 3.8) is 0 Å². The quantitative estimate of drug-likeness (QED) is 0.614. The predicted molar refractivity (Wildman–Crippen MR) is 45.3 cm³/mol. The van der Waals surface area contributed by atoms with Crippen LogP contribution in [0.25, 0.3) is 0 Å². The Morgan fingerprint density at radius 1 is 1.00 bits per heavy atom. The van der Waals surface area contributed by atoms with E-state index >= 15 is 0 Å². The van der Waals surface area contributed by atoms with Gasteiger partial charge in [0, 0.05) is 6.61 Å². The fourth-order valence-electron chi connectivity index (χ4n) is 3.08. The second kappa shape index (κ2) is 3.14. The summed E-state index contributed by atoms with van der Waals surface area (Å²) in [6.07, 6.45) is 8.40. The second-order valence-electron chi connectivity index (χ2n) is 4.23. The molecular formula is C10H18O. The van der Waals surface area contributed by atoms with Crippen LogP contribution in [0.4, 0.5) is 0 Å². The van der Waals surface area contributed by atoms with Crippen molar-refractivity contribution in [1.29, 1.82) is 0 Å². The lowest BCUT2D eigenvalue weighted by Crippen LogP contribution is -2.21. The van der Waals surface area contributed by atoms with Crippen molar-refractivity contribution < 1.29 is 5.11 Å². The van der Waals surface area contributed by atoms with Crippen LogP contribution in [0.3, 0.4) is 0 Å². The van der Waals surface area contributed by atoms with E-state index in [9.17, 15) is 0 Å². The van der Waals surface area contributed by atoms with E-state index in [2.05, 4.69) is 0 Å². The first kappa shape index (κ1) is 7.60. The van der Waals surface area contributed by atoms with E-state index in [4.69, 9.17) is 5.11 Å². The fourth-order valence-corrected chi connectivity index (χ4v) is 3.08. The van der Waals surface area contributed by atoms with Crippen molar-refractivity contribution in [1.82, 2.24) is 0 Å². The normalized spacial score (nSPS) is 43.9. The predicted octanol–water partition coefficient (Wildman–Crippen LogP) is 2.20. The Balaban J connectivity index is 1.98. The first-order valence-electron chi connectivity index (χ1n) is 5.02. The molecule has 0 aromatic carbocycles. The van der Waals surface area contributed by atoms with Gasteiger partial charge in [0.25, 0.3) is 0 Å². The highest BCUT2D eigenvalue weighted by atomic mass is 16.3. The van der Waals surface area contributed by atoms with Gasteiger partial charge in [-0.2, -0.15) is 0 Å². The van der Waals surface area contributed by atoms with Crippen LogP contribution in [0.2, 0.25) is 0 Å². The molecule has 2 saturated carbocycles. The zero-order chi connectivity index (χ0) is 7.68. The van der Waals surface area contributed by atoms with Gasteiger partial charge in [-0.1, -0.05) is 19.3 Å². The smallest absolute Gasteiger partial charge is 0.0462 e. The van der Waals surface area contributed by atoms with E-state index in [1.807, 2.05) is 0 Å². The van der Waals surface area contributed by atoms with Crippen molar-refractivity contribution >= 4 is 0 Å². The highest BCUT2D eigenvalue weighted by Gasteiger charge is 2.36. The molecule has 2 rings (SSSR count). The Morgan fingerprint density at radius 3 is 2.64 bits per heavy atom. The molecule has 0 aromatic rings. The lowest BCUT2D eigenvalue weighted by molar-refractivity contribution is 0.152. The summed E-state index contributed by atoms with van der Waals surface area (Å²) < 4.78 is 0. The third kappa shape index (κ3) is 1.31. The minimum Gasteiger partial charge on any atom is -0.396 e. The molecule has 0 radical (unpaired) electrons. The van der Waals surface area contributed by atoms with Crippen molar-refractivity contribution in [3.8, 4) is 0 Å². The van der Waals surface area contributed by atoms with E-state index in [1.165, 1.54) is 38.5 Å². The van der Waals surface area contributed by atoms with Gasteiger partial charge in [-0.3, -0.25) is 0 Å². The Hall–Kier alpha value is -0.0400. The van der Waals surface area contributed by atoms with Gasteiger partial charge in [0.05, 0.1) is 0 Å². The monoisotopic (exact) mass is 154 g/mol. The van der Waals surface area contributed by atoms with Crippen LogP contribution < -0.4 is 0 Å². The molecule has 64 valence electrons. The molecule has 11 heavy (non-hydrogen) atoms. The number of rotatable bonds is 1. The molecule has 1 unspecified atom stereocenters. The third-order valence-electron chi connectivity index (χ3n) is 3.72. The summed E-state index contributed by atoms with van der Waals surface area (Å²) in [5.74, 6) is 2.55. The molecule has 2 fully saturated rings. The molecule has 0 amide bonds. The van der Waals surface area contributed by atoms with E-state index in [-0.39, 0.29) is 0 Å². The third-order valence-corrected chi connectivity index (χ3v) is 3.72. The van der Waals surface area contributed by atoms with Crippen LogP contribution in [0.5, 0.6) is 0 Å². The van der Waals surface area contributed by atoms with Gasteiger partial charge in [-0.25, -0.2) is 0 Å². The number of hydrogen-bond acceptors (Lipinski definition) is 1. The van der Waals surface area contributed by atoms with Crippen molar-refractivity contribution in [2.24, 2.45) is 17.8 Å². The molecule has 0 bridgehead atoms. The van der Waals surface area contributed by atoms with E-state index < -0.39 is 0 Å². The molecule has 1 N–H and O–H groups in total. The average molecular weight is 154 g/mol. The summed E-state index contributed by atoms with van der Waals surface area (Å²) >= 11 is 0. The maximum absolute atomic E-state index is 9.10. The molecule has 0 aromatic heterocycles. The lowest BCUT2D eigenvalue weighted by Gasteiger charge is -2.28. The van der Waals surface area contributed by atoms with Gasteiger partial charge < -0.3 is 5.11 Å². The largest absolute Gasteiger partial charge is 0.396 e. The topological polar surface area (TPSA) is 20.2 Å². The summed E-state index contributed by atoms with van der Waals surface area (Å²) in [5.41, 5.74) is 0. The second-order valence-corrected chi connectivity index (χ2v) is 4.23. The average Bonchev–Trinajstić information content (AvgIpc) is 2.47. The van der Waals surface area contributed by atoms with Crippen LogP contribution in [0.1, 0.15) is 38.5 Å². The van der Waals surface area contributed by atoms with Crippen LogP contribution in [-0.4, -0.2) is 11.7 Å². The van der Waals surface area contributed by atoms with Crippen LogP contribution >= 0.6 is 0 Å². The van der Waals surface area contributed by atoms with Gasteiger partial charge in [-0.05, 0) is 37.0 Å². The Morgan fingerprint density at radius 2 is 1.82 bits per heavy atom. The summed E-state index contributed by atoms with van der Waals surface area (Å²) in [4.78, 5) is 0. The maximum Gasteiger partial charge on any atom is 0.0462 e. The lowest BCUT2D eigenvalue weighted by atomic mass is 9.78.